The molecule has 0 spiro atoms. The van der Waals surface area contributed by atoms with Crippen LogP contribution in [0.2, 0.25) is 6.82 Å². The first-order valence-electron chi connectivity index (χ1n) is 2.69. The van der Waals surface area contributed by atoms with Crippen molar-refractivity contribution >= 4 is 22.9 Å². The summed E-state index contributed by atoms with van der Waals surface area (Å²) in [4.78, 5) is 0. The van der Waals surface area contributed by atoms with E-state index in [0.717, 1.165) is 6.54 Å². The molecule has 0 saturated carbocycles. The van der Waals surface area contributed by atoms with Crippen LogP contribution in [0.3, 0.4) is 0 Å². The molecule has 0 aromatic rings. The predicted octanol–water partition coefficient (Wildman–Crippen LogP) is -0.817. The summed E-state index contributed by atoms with van der Waals surface area (Å²) in [5.41, 5.74) is 0. The van der Waals surface area contributed by atoms with Crippen molar-refractivity contribution in [3.8, 4) is 0 Å². The molecule has 8 heavy (non-hydrogen) atoms. The summed E-state index contributed by atoms with van der Waals surface area (Å²) in [5.74, 6) is 0. The molecular formula is C3H9B3N2. The Morgan fingerprint density at radius 3 is 2.50 bits per heavy atom. The van der Waals surface area contributed by atoms with E-state index < -0.39 is 0 Å². The summed E-state index contributed by atoms with van der Waals surface area (Å²) in [6.45, 7) is 4.95. The van der Waals surface area contributed by atoms with Crippen LogP contribution < -0.4 is 5.14 Å². The number of nitrogens with zero attached hydrogens (tertiary/aromatic N) is 1. The molecule has 0 aromatic heterocycles. The van der Waals surface area contributed by atoms with Crippen LogP contribution in [0, 0.1) is 0 Å². The molecule has 0 amide bonds. The topological polar surface area (TPSA) is 15.3 Å². The zero-order chi connectivity index (χ0) is 6.41. The third kappa shape index (κ3) is 3.16. The van der Waals surface area contributed by atoms with Crippen LogP contribution >= 0.6 is 0 Å². The first-order valence-corrected chi connectivity index (χ1v) is 2.69. The van der Waals surface area contributed by atoms with Crippen LogP contribution in [0.1, 0.15) is 6.92 Å². The van der Waals surface area contributed by atoms with Gasteiger partial charge in [0.1, 0.15) is 0 Å². The van der Waals surface area contributed by atoms with Gasteiger partial charge in [-0.25, -0.2) is 0 Å². The fourth-order valence-electron chi connectivity index (χ4n) is 0.444. The van der Waals surface area contributed by atoms with Gasteiger partial charge in [-0.05, 0) is 6.54 Å². The predicted molar refractivity (Wildman–Crippen MR) is 38.6 cm³/mol. The van der Waals surface area contributed by atoms with Gasteiger partial charge in [-0.15, -0.1) is 0 Å². The zero-order valence-corrected chi connectivity index (χ0v) is 5.39. The van der Waals surface area contributed by atoms with E-state index in [2.05, 4.69) is 5.14 Å². The van der Waals surface area contributed by atoms with E-state index in [1.165, 1.54) is 0 Å². The minimum atomic E-state index is 0.945. The second kappa shape index (κ2) is 5.26. The molecular weight excluding hydrogens is 96.5 g/mol. The van der Waals surface area contributed by atoms with E-state index in [-0.39, 0.29) is 0 Å². The molecule has 0 rings (SSSR count). The number of hydrogen-bond donors (Lipinski definition) is 1. The molecule has 4 radical (unpaired) electrons. The fourth-order valence-corrected chi connectivity index (χ4v) is 0.444. The van der Waals surface area contributed by atoms with E-state index in [1.54, 1.807) is 7.55 Å². The Labute approximate surface area is 54.0 Å². The lowest BCUT2D eigenvalue weighted by Crippen LogP contribution is -2.38. The average molecular weight is 106 g/mol. The summed E-state index contributed by atoms with van der Waals surface area (Å²) < 4.78 is 1.94. The Bertz CT molecular complexity index is 47.8. The zero-order valence-electron chi connectivity index (χ0n) is 5.39. The Morgan fingerprint density at radius 1 is 1.75 bits per heavy atom. The van der Waals surface area contributed by atoms with Crippen molar-refractivity contribution < 1.29 is 0 Å². The normalized spacial score (nSPS) is 9.38. The monoisotopic (exact) mass is 106 g/mol. The first-order chi connectivity index (χ1) is 3.85. The van der Waals surface area contributed by atoms with Crippen molar-refractivity contribution in [2.75, 3.05) is 6.54 Å². The number of nitrogens with one attached hydrogen (secondary N) is 1. The fraction of sp³-hybridized carbons (Fsp3) is 1.00. The van der Waals surface area contributed by atoms with Gasteiger partial charge in [0.2, 0.25) is 0 Å². The maximum atomic E-state index is 5.01. The van der Waals surface area contributed by atoms with Crippen molar-refractivity contribution in [2.45, 2.75) is 13.7 Å². The van der Waals surface area contributed by atoms with E-state index in [0.29, 0.717) is 0 Å². The van der Waals surface area contributed by atoms with E-state index >= 15 is 0 Å². The molecule has 0 unspecified atom stereocenters. The van der Waals surface area contributed by atoms with Gasteiger partial charge in [-0.1, -0.05) is 13.7 Å². The van der Waals surface area contributed by atoms with Crippen molar-refractivity contribution in [3.63, 3.8) is 0 Å². The Morgan fingerprint density at radius 2 is 2.38 bits per heavy atom. The van der Waals surface area contributed by atoms with Gasteiger partial charge in [0.15, 0.2) is 15.4 Å². The molecule has 0 bridgehead atoms. The first kappa shape index (κ1) is 8.11. The summed E-state index contributed by atoms with van der Waals surface area (Å²) in [7, 11) is 8.67. The standard InChI is InChI=1S/C3H9B3N2/c1-3-8(5-2)6-7-4/h7H,3H2,1-2H3. The highest BCUT2D eigenvalue weighted by atomic mass is 15.0. The Hall–Kier alpha value is 0.115. The van der Waals surface area contributed by atoms with Gasteiger partial charge in [0.25, 0.3) is 7.55 Å². The molecule has 0 aliphatic rings. The third-order valence-corrected chi connectivity index (χ3v) is 0.937. The molecule has 5 heteroatoms. The van der Waals surface area contributed by atoms with E-state index in [1.807, 2.05) is 25.9 Å². The van der Waals surface area contributed by atoms with E-state index in [9.17, 15) is 0 Å². The molecule has 0 aromatic carbocycles. The molecule has 0 saturated heterocycles. The molecule has 40 valence electrons. The van der Waals surface area contributed by atoms with Crippen LogP contribution in [-0.2, 0) is 0 Å². The van der Waals surface area contributed by atoms with Crippen LogP contribution in [0.25, 0.3) is 0 Å². The lowest BCUT2D eigenvalue weighted by molar-refractivity contribution is 0.711. The molecule has 0 aliphatic heterocycles. The van der Waals surface area contributed by atoms with Crippen molar-refractivity contribution in [1.82, 2.24) is 9.86 Å². The van der Waals surface area contributed by atoms with Crippen molar-refractivity contribution in [3.05, 3.63) is 0 Å². The molecule has 2 nitrogen and oxygen atoms in total. The minimum Gasteiger partial charge on any atom is -0.398 e. The quantitative estimate of drug-likeness (QED) is 0.470. The maximum absolute atomic E-state index is 5.01. The highest BCUT2D eigenvalue weighted by Gasteiger charge is 1.97. The SMILES string of the molecule is [B]N[B]N([B]C)CC. The maximum Gasteiger partial charge on any atom is 0.284 e. The van der Waals surface area contributed by atoms with Crippen molar-refractivity contribution in [2.24, 2.45) is 0 Å². The van der Waals surface area contributed by atoms with Gasteiger partial charge in [0.05, 0.1) is 0 Å². The Kier molecular flexibility index (Phi) is 5.33. The Balaban J connectivity index is 3.07. The lowest BCUT2D eigenvalue weighted by Gasteiger charge is -2.14. The average Bonchev–Trinajstić information content (AvgIpc) is 1.83. The lowest BCUT2D eigenvalue weighted by atomic mass is 9.85. The molecule has 1 N–H and O–H groups in total. The van der Waals surface area contributed by atoms with E-state index in [4.69, 9.17) is 7.98 Å². The van der Waals surface area contributed by atoms with Gasteiger partial charge in [-0.2, -0.15) is 0 Å². The van der Waals surface area contributed by atoms with Crippen LogP contribution in [0.5, 0.6) is 0 Å². The molecule has 0 aliphatic carbocycles. The van der Waals surface area contributed by atoms with Crippen LogP contribution in [-0.4, -0.2) is 34.2 Å². The summed E-state index contributed by atoms with van der Waals surface area (Å²) in [5, 5.41) is 2.44. The summed E-state index contributed by atoms with van der Waals surface area (Å²) >= 11 is 0. The van der Waals surface area contributed by atoms with Gasteiger partial charge < -0.3 is 9.86 Å². The minimum absolute atomic E-state index is 0.945. The number of hydrogen-bond acceptors (Lipinski definition) is 2. The molecule has 0 fully saturated rings. The van der Waals surface area contributed by atoms with Gasteiger partial charge in [0, 0.05) is 0 Å². The third-order valence-electron chi connectivity index (χ3n) is 0.937. The van der Waals surface area contributed by atoms with Gasteiger partial charge in [-0.3, -0.25) is 0 Å². The highest BCUT2D eigenvalue weighted by Crippen LogP contribution is 1.74. The van der Waals surface area contributed by atoms with Gasteiger partial charge >= 0.3 is 0 Å². The number of rotatable bonds is 4. The second-order valence-corrected chi connectivity index (χ2v) is 1.38. The summed E-state index contributed by atoms with van der Waals surface area (Å²) in [6.07, 6.45) is 0. The molecule has 0 atom stereocenters. The highest BCUT2D eigenvalue weighted by molar-refractivity contribution is 6.51. The smallest absolute Gasteiger partial charge is 0.284 e. The van der Waals surface area contributed by atoms with Crippen molar-refractivity contribution in [1.29, 1.82) is 0 Å². The molecule has 0 heterocycles. The second-order valence-electron chi connectivity index (χ2n) is 1.38. The van der Waals surface area contributed by atoms with Crippen LogP contribution in [0.4, 0.5) is 0 Å². The summed E-state index contributed by atoms with van der Waals surface area (Å²) in [6, 6.07) is 0. The van der Waals surface area contributed by atoms with Crippen LogP contribution in [0.15, 0.2) is 0 Å². The largest absolute Gasteiger partial charge is 0.398 e.